The van der Waals surface area contributed by atoms with E-state index in [2.05, 4.69) is 0 Å². The van der Waals surface area contributed by atoms with Crippen molar-refractivity contribution in [3.63, 3.8) is 0 Å². The third-order valence-electron chi connectivity index (χ3n) is 3.68. The Morgan fingerprint density at radius 1 is 1.00 bits per heavy atom. The summed E-state index contributed by atoms with van der Waals surface area (Å²) in [6.45, 7) is -0.193. The van der Waals surface area contributed by atoms with E-state index in [0.29, 0.717) is 6.42 Å². The molecule has 5 N–H and O–H groups in total. The van der Waals surface area contributed by atoms with Crippen LogP contribution in [0.2, 0.25) is 0 Å². The highest BCUT2D eigenvalue weighted by Crippen LogP contribution is 2.22. The molecule has 1 saturated heterocycles. The van der Waals surface area contributed by atoms with Gasteiger partial charge in [-0.3, -0.25) is 0 Å². The predicted molar refractivity (Wildman–Crippen MR) is 76.1 cm³/mol. The van der Waals surface area contributed by atoms with E-state index < -0.39 is 37.3 Å². The number of phenols is 1. The monoisotopic (exact) mass is 314 g/mol. The van der Waals surface area contributed by atoms with Crippen LogP contribution < -0.4 is 0 Å². The Hall–Kier alpha value is -1.22. The number of aliphatic hydroxyl groups is 4. The van der Waals surface area contributed by atoms with E-state index in [1.54, 1.807) is 12.1 Å². The van der Waals surface area contributed by atoms with Crippen LogP contribution in [0.4, 0.5) is 0 Å². The van der Waals surface area contributed by atoms with Crippen LogP contribution in [0.15, 0.2) is 24.3 Å². The van der Waals surface area contributed by atoms with Crippen molar-refractivity contribution in [3.8, 4) is 5.75 Å². The van der Waals surface area contributed by atoms with Gasteiger partial charge in [0.25, 0.3) is 0 Å². The minimum Gasteiger partial charge on any atom is -0.508 e. The molecule has 0 bridgehead atoms. The molecule has 1 heterocycles. The van der Waals surface area contributed by atoms with E-state index in [1.165, 1.54) is 0 Å². The molecule has 2 rings (SSSR count). The molecule has 1 fully saturated rings. The number of hydrogen-bond acceptors (Lipinski definition) is 7. The minimum atomic E-state index is -1.42. The summed E-state index contributed by atoms with van der Waals surface area (Å²) in [6, 6.07) is 6.83. The molecule has 0 saturated carbocycles. The second-order valence-corrected chi connectivity index (χ2v) is 5.34. The number of aliphatic hydroxyl groups excluding tert-OH is 4. The van der Waals surface area contributed by atoms with Crippen molar-refractivity contribution in [3.05, 3.63) is 29.8 Å². The summed E-state index contributed by atoms with van der Waals surface area (Å²) >= 11 is 0. The minimum absolute atomic E-state index is 0.210. The smallest absolute Gasteiger partial charge is 0.186 e. The zero-order chi connectivity index (χ0) is 16.1. The molecule has 1 aliphatic heterocycles. The van der Waals surface area contributed by atoms with Crippen LogP contribution >= 0.6 is 0 Å². The predicted octanol–water partition coefficient (Wildman–Crippen LogP) is -0.859. The third-order valence-corrected chi connectivity index (χ3v) is 3.68. The van der Waals surface area contributed by atoms with Gasteiger partial charge in [0.15, 0.2) is 6.29 Å². The Kier molecular flexibility index (Phi) is 6.13. The second kappa shape index (κ2) is 7.87. The summed E-state index contributed by atoms with van der Waals surface area (Å²) in [4.78, 5) is 0. The molecule has 1 aromatic carbocycles. The molecule has 0 unspecified atom stereocenters. The number of aromatic hydroxyl groups is 1. The van der Waals surface area contributed by atoms with Gasteiger partial charge in [-0.05, 0) is 30.5 Å². The molecule has 0 radical (unpaired) electrons. The molecular weight excluding hydrogens is 292 g/mol. The van der Waals surface area contributed by atoms with Gasteiger partial charge >= 0.3 is 0 Å². The molecular formula is C15H22O7. The largest absolute Gasteiger partial charge is 0.508 e. The Bertz CT molecular complexity index is 448. The van der Waals surface area contributed by atoms with Crippen molar-refractivity contribution < 1.29 is 35.0 Å². The lowest BCUT2D eigenvalue weighted by Crippen LogP contribution is -2.59. The highest BCUT2D eigenvalue weighted by molar-refractivity contribution is 5.25. The maximum absolute atomic E-state index is 9.80. The number of phenolic OH excluding ortho intramolecular Hbond substituents is 1. The van der Waals surface area contributed by atoms with E-state index in [1.807, 2.05) is 12.1 Å². The summed E-state index contributed by atoms with van der Waals surface area (Å²) in [5.74, 6) is 0.210. The van der Waals surface area contributed by atoms with Gasteiger partial charge in [-0.1, -0.05) is 12.1 Å². The van der Waals surface area contributed by atoms with Crippen LogP contribution in [0.25, 0.3) is 0 Å². The highest BCUT2D eigenvalue weighted by Gasteiger charge is 2.43. The zero-order valence-corrected chi connectivity index (χ0v) is 12.1. The maximum Gasteiger partial charge on any atom is 0.186 e. The van der Waals surface area contributed by atoms with E-state index in [-0.39, 0.29) is 12.4 Å². The molecule has 0 aliphatic carbocycles. The number of hydrogen-bond donors (Lipinski definition) is 5. The van der Waals surface area contributed by atoms with Gasteiger partial charge in [-0.25, -0.2) is 0 Å². The Morgan fingerprint density at radius 3 is 2.32 bits per heavy atom. The van der Waals surface area contributed by atoms with Crippen LogP contribution in [-0.4, -0.2) is 69.5 Å². The van der Waals surface area contributed by atoms with Crippen molar-refractivity contribution >= 4 is 0 Å². The van der Waals surface area contributed by atoms with Gasteiger partial charge < -0.3 is 35.0 Å². The first-order valence-electron chi connectivity index (χ1n) is 7.23. The van der Waals surface area contributed by atoms with E-state index in [4.69, 9.17) is 14.6 Å². The first-order chi connectivity index (χ1) is 10.5. The Balaban J connectivity index is 1.77. The quantitative estimate of drug-likeness (QED) is 0.433. The zero-order valence-electron chi connectivity index (χ0n) is 12.1. The first kappa shape index (κ1) is 17.1. The maximum atomic E-state index is 9.80. The molecule has 124 valence electrons. The van der Waals surface area contributed by atoms with Crippen molar-refractivity contribution in [2.24, 2.45) is 0 Å². The van der Waals surface area contributed by atoms with Crippen LogP contribution in [-0.2, 0) is 15.9 Å². The molecule has 5 atom stereocenters. The highest BCUT2D eigenvalue weighted by atomic mass is 16.7. The van der Waals surface area contributed by atoms with Crippen molar-refractivity contribution in [1.29, 1.82) is 0 Å². The summed E-state index contributed by atoms with van der Waals surface area (Å²) in [5.41, 5.74) is 1.04. The summed E-state index contributed by atoms with van der Waals surface area (Å²) in [5, 5.41) is 47.3. The molecule has 0 amide bonds. The van der Waals surface area contributed by atoms with Gasteiger partial charge in [-0.2, -0.15) is 0 Å². The van der Waals surface area contributed by atoms with Crippen LogP contribution in [0.1, 0.15) is 12.0 Å². The normalized spacial score (nSPS) is 32.1. The number of aryl methyl sites for hydroxylation is 1. The fraction of sp³-hybridized carbons (Fsp3) is 0.600. The number of rotatable bonds is 6. The average molecular weight is 314 g/mol. The Labute approximate surface area is 128 Å². The molecule has 1 aliphatic rings. The molecule has 7 heteroatoms. The molecule has 7 nitrogen and oxygen atoms in total. The lowest BCUT2D eigenvalue weighted by Gasteiger charge is -2.39. The molecule has 0 spiro atoms. The summed E-state index contributed by atoms with van der Waals surface area (Å²) in [6.07, 6.45) is -4.84. The first-order valence-corrected chi connectivity index (χ1v) is 7.23. The number of ether oxygens (including phenoxy) is 2. The van der Waals surface area contributed by atoms with Gasteiger partial charge in [-0.15, -0.1) is 0 Å². The average Bonchev–Trinajstić information content (AvgIpc) is 2.53. The summed E-state index contributed by atoms with van der Waals surface area (Å²) < 4.78 is 10.6. The topological polar surface area (TPSA) is 120 Å². The SMILES string of the molecule is OC[C@H]1O[C@@H](OCCCc2ccc(O)cc2)[C@H](O)[C@@H](O)[C@@H]1O. The Morgan fingerprint density at radius 2 is 1.68 bits per heavy atom. The third kappa shape index (κ3) is 4.16. The summed E-state index contributed by atoms with van der Waals surface area (Å²) in [7, 11) is 0. The fourth-order valence-electron chi connectivity index (χ4n) is 2.34. The lowest BCUT2D eigenvalue weighted by atomic mass is 9.99. The van der Waals surface area contributed by atoms with E-state index in [0.717, 1.165) is 12.0 Å². The lowest BCUT2D eigenvalue weighted by molar-refractivity contribution is -0.301. The molecule has 1 aromatic rings. The fourth-order valence-corrected chi connectivity index (χ4v) is 2.34. The van der Waals surface area contributed by atoms with Gasteiger partial charge in [0.1, 0.15) is 30.2 Å². The van der Waals surface area contributed by atoms with Gasteiger partial charge in [0.05, 0.1) is 13.2 Å². The second-order valence-electron chi connectivity index (χ2n) is 5.34. The molecule has 22 heavy (non-hydrogen) atoms. The van der Waals surface area contributed by atoms with Gasteiger partial charge in [0, 0.05) is 0 Å². The van der Waals surface area contributed by atoms with Crippen LogP contribution in [0.5, 0.6) is 5.75 Å². The molecule has 0 aromatic heterocycles. The van der Waals surface area contributed by atoms with Crippen molar-refractivity contribution in [1.82, 2.24) is 0 Å². The van der Waals surface area contributed by atoms with Gasteiger partial charge in [0.2, 0.25) is 0 Å². The van der Waals surface area contributed by atoms with Crippen molar-refractivity contribution in [2.75, 3.05) is 13.2 Å². The number of benzene rings is 1. The van der Waals surface area contributed by atoms with E-state index >= 15 is 0 Å². The van der Waals surface area contributed by atoms with Crippen molar-refractivity contribution in [2.45, 2.75) is 43.5 Å². The standard InChI is InChI=1S/C15H22O7/c16-8-11-12(18)13(19)14(20)15(22-11)21-7-1-2-9-3-5-10(17)6-4-9/h3-6,11-20H,1-2,7-8H2/t11-,12-,13+,14-,15-/m1/s1. The van der Waals surface area contributed by atoms with Crippen LogP contribution in [0.3, 0.4) is 0 Å². The van der Waals surface area contributed by atoms with Crippen LogP contribution in [0, 0.1) is 0 Å². The van der Waals surface area contributed by atoms with E-state index in [9.17, 15) is 20.4 Å².